The first-order chi connectivity index (χ1) is 17.9. The topological polar surface area (TPSA) is 118 Å². The van der Waals surface area contributed by atoms with E-state index in [0.717, 1.165) is 10.5 Å². The number of hydrogen-bond donors (Lipinski definition) is 1. The molecule has 2 aromatic carbocycles. The molecular weight excluding hydrogens is 476 g/mol. The third-order valence-corrected chi connectivity index (χ3v) is 5.76. The first kappa shape index (κ1) is 25.4. The molecule has 0 aliphatic carbocycles. The van der Waals surface area contributed by atoms with Gasteiger partial charge in [0.05, 0.1) is 31.4 Å². The fourth-order valence-corrected chi connectivity index (χ4v) is 3.98. The van der Waals surface area contributed by atoms with E-state index in [1.54, 1.807) is 67.8 Å². The molecule has 0 radical (unpaired) electrons. The van der Waals surface area contributed by atoms with Gasteiger partial charge >= 0.3 is 12.0 Å². The molecule has 2 heterocycles. The van der Waals surface area contributed by atoms with Crippen molar-refractivity contribution in [2.45, 2.75) is 25.9 Å². The van der Waals surface area contributed by atoms with Crippen molar-refractivity contribution in [3.05, 3.63) is 84.2 Å². The molecule has 1 atom stereocenters. The van der Waals surface area contributed by atoms with Crippen molar-refractivity contribution in [1.82, 2.24) is 9.88 Å². The molecule has 1 fully saturated rings. The number of methoxy groups -OCH3 is 1. The molecule has 1 aromatic heterocycles. The number of ether oxygens (including phenoxy) is 2. The maximum Gasteiger partial charge on any atom is 0.338 e. The third-order valence-electron chi connectivity index (χ3n) is 5.76. The van der Waals surface area contributed by atoms with Gasteiger partial charge in [-0.2, -0.15) is 0 Å². The van der Waals surface area contributed by atoms with Crippen LogP contribution in [-0.2, 0) is 20.9 Å². The number of imide groups is 1. The van der Waals surface area contributed by atoms with Crippen LogP contribution in [0.2, 0.25) is 0 Å². The number of nitrogens with zero attached hydrogens (tertiary/aromatic N) is 3. The van der Waals surface area contributed by atoms with Gasteiger partial charge in [0.25, 0.3) is 5.91 Å². The van der Waals surface area contributed by atoms with Crippen molar-refractivity contribution in [2.24, 2.45) is 0 Å². The average Bonchev–Trinajstić information content (AvgIpc) is 3.13. The van der Waals surface area contributed by atoms with E-state index in [9.17, 15) is 19.2 Å². The first-order valence-electron chi connectivity index (χ1n) is 11.7. The number of pyridine rings is 1. The number of rotatable bonds is 9. The van der Waals surface area contributed by atoms with Crippen LogP contribution in [0.3, 0.4) is 0 Å². The minimum Gasteiger partial charge on any atom is -0.497 e. The van der Waals surface area contributed by atoms with Gasteiger partial charge in [0.1, 0.15) is 11.8 Å². The minimum absolute atomic E-state index is 0.102. The van der Waals surface area contributed by atoms with Gasteiger partial charge in [-0.3, -0.25) is 14.6 Å². The van der Waals surface area contributed by atoms with Gasteiger partial charge in [-0.1, -0.05) is 12.1 Å². The number of carbonyl (C=O) groups is 4. The number of hydrogen-bond acceptors (Lipinski definition) is 7. The van der Waals surface area contributed by atoms with E-state index in [2.05, 4.69) is 10.3 Å². The Labute approximate surface area is 213 Å². The Bertz CT molecular complexity index is 1300. The highest BCUT2D eigenvalue weighted by molar-refractivity contribution is 6.22. The van der Waals surface area contributed by atoms with Crippen molar-refractivity contribution in [3.8, 4) is 5.75 Å². The minimum atomic E-state index is -1.03. The third kappa shape index (κ3) is 5.75. The second kappa shape index (κ2) is 11.3. The van der Waals surface area contributed by atoms with Crippen molar-refractivity contribution in [3.63, 3.8) is 0 Å². The van der Waals surface area contributed by atoms with E-state index < -0.39 is 29.9 Å². The number of aromatic nitrogens is 1. The zero-order chi connectivity index (χ0) is 26.4. The Morgan fingerprint density at radius 1 is 1.05 bits per heavy atom. The molecule has 3 aromatic rings. The lowest BCUT2D eigenvalue weighted by Crippen LogP contribution is -2.37. The van der Waals surface area contributed by atoms with Crippen LogP contribution in [-0.4, -0.2) is 53.5 Å². The number of carbonyl (C=O) groups excluding carboxylic acids is 4. The lowest BCUT2D eigenvalue weighted by Gasteiger charge is -2.21. The molecule has 10 heteroatoms. The summed E-state index contributed by atoms with van der Waals surface area (Å²) in [7, 11) is 1.49. The smallest absolute Gasteiger partial charge is 0.338 e. The van der Waals surface area contributed by atoms with Crippen molar-refractivity contribution in [1.29, 1.82) is 0 Å². The second-order valence-electron chi connectivity index (χ2n) is 8.21. The summed E-state index contributed by atoms with van der Waals surface area (Å²) in [6.45, 7) is 2.08. The van der Waals surface area contributed by atoms with E-state index in [0.29, 0.717) is 22.7 Å². The van der Waals surface area contributed by atoms with Gasteiger partial charge in [0.15, 0.2) is 0 Å². The molecule has 0 bridgehead atoms. The largest absolute Gasteiger partial charge is 0.497 e. The summed E-state index contributed by atoms with van der Waals surface area (Å²) in [6.07, 6.45) is 2.96. The Kier molecular flexibility index (Phi) is 7.77. The lowest BCUT2D eigenvalue weighted by molar-refractivity contribution is -0.124. The van der Waals surface area contributed by atoms with Crippen LogP contribution < -0.4 is 15.0 Å². The standard InChI is InChI=1S/C27H26N4O6/c1-3-37-26(34)19-9-11-20(12-10-19)29-24(32)15-23-25(33)31(21-7-4-8-22(14-21)36-2)27(35)30(23)17-18-6-5-13-28-16-18/h4-14,16,23H,3,15,17H2,1-2H3,(H,29,32)/t23-/m1/s1. The highest BCUT2D eigenvalue weighted by atomic mass is 16.5. The van der Waals surface area contributed by atoms with Gasteiger partial charge in [0.2, 0.25) is 5.91 Å². The molecule has 4 amide bonds. The molecule has 37 heavy (non-hydrogen) atoms. The van der Waals surface area contributed by atoms with Gasteiger partial charge in [-0.25, -0.2) is 14.5 Å². The van der Waals surface area contributed by atoms with Gasteiger partial charge in [-0.15, -0.1) is 0 Å². The fraction of sp³-hybridized carbons (Fsp3) is 0.222. The molecule has 0 unspecified atom stereocenters. The molecule has 1 aliphatic rings. The summed E-state index contributed by atoms with van der Waals surface area (Å²) in [5.41, 5.74) is 1.87. The van der Waals surface area contributed by atoms with E-state index in [1.807, 2.05) is 0 Å². The quantitative estimate of drug-likeness (QED) is 0.351. The highest BCUT2D eigenvalue weighted by Gasteiger charge is 2.46. The Balaban J connectivity index is 1.54. The Morgan fingerprint density at radius 3 is 2.51 bits per heavy atom. The number of urea groups is 1. The van der Waals surface area contributed by atoms with Crippen molar-refractivity contribution >= 4 is 35.2 Å². The fourth-order valence-electron chi connectivity index (χ4n) is 3.98. The monoisotopic (exact) mass is 502 g/mol. The predicted molar refractivity (Wildman–Crippen MR) is 135 cm³/mol. The van der Waals surface area contributed by atoms with E-state index in [-0.39, 0.29) is 19.6 Å². The molecule has 4 rings (SSSR count). The van der Waals surface area contributed by atoms with Crippen LogP contribution in [0, 0.1) is 0 Å². The van der Waals surface area contributed by atoms with Gasteiger partial charge in [-0.05, 0) is 55.0 Å². The molecular formula is C27H26N4O6. The number of nitrogens with one attached hydrogen (secondary N) is 1. The van der Waals surface area contributed by atoms with Crippen LogP contribution in [0.25, 0.3) is 0 Å². The maximum absolute atomic E-state index is 13.5. The van der Waals surface area contributed by atoms with E-state index in [1.165, 1.54) is 24.1 Å². The lowest BCUT2D eigenvalue weighted by atomic mass is 10.1. The van der Waals surface area contributed by atoms with Crippen molar-refractivity contribution < 1.29 is 28.7 Å². The summed E-state index contributed by atoms with van der Waals surface area (Å²) >= 11 is 0. The average molecular weight is 503 g/mol. The summed E-state index contributed by atoms with van der Waals surface area (Å²) in [6, 6.07) is 14.8. The maximum atomic E-state index is 13.5. The number of amides is 4. The van der Waals surface area contributed by atoms with Gasteiger partial charge in [0, 0.05) is 30.7 Å². The van der Waals surface area contributed by atoms with Crippen LogP contribution in [0.4, 0.5) is 16.2 Å². The second-order valence-corrected chi connectivity index (χ2v) is 8.21. The van der Waals surface area contributed by atoms with Crippen LogP contribution in [0.15, 0.2) is 73.1 Å². The van der Waals surface area contributed by atoms with Crippen molar-refractivity contribution in [2.75, 3.05) is 23.9 Å². The van der Waals surface area contributed by atoms with Crippen LogP contribution in [0.5, 0.6) is 5.75 Å². The zero-order valence-corrected chi connectivity index (χ0v) is 20.4. The number of esters is 1. The first-order valence-corrected chi connectivity index (χ1v) is 11.7. The molecule has 0 spiro atoms. The Hall–Kier alpha value is -4.73. The van der Waals surface area contributed by atoms with Crippen LogP contribution >= 0.6 is 0 Å². The molecule has 1 saturated heterocycles. The molecule has 10 nitrogen and oxygen atoms in total. The predicted octanol–water partition coefficient (Wildman–Crippen LogP) is 3.63. The zero-order valence-electron chi connectivity index (χ0n) is 20.4. The molecule has 1 N–H and O–H groups in total. The summed E-state index contributed by atoms with van der Waals surface area (Å²) in [5.74, 6) is -0.947. The number of anilines is 2. The summed E-state index contributed by atoms with van der Waals surface area (Å²) in [5, 5.41) is 2.73. The Morgan fingerprint density at radius 2 is 1.84 bits per heavy atom. The molecule has 1 aliphatic heterocycles. The molecule has 190 valence electrons. The van der Waals surface area contributed by atoms with E-state index >= 15 is 0 Å². The SMILES string of the molecule is CCOC(=O)c1ccc(NC(=O)C[C@@H]2C(=O)N(c3cccc(OC)c3)C(=O)N2Cc2cccnc2)cc1. The number of benzene rings is 2. The summed E-state index contributed by atoms with van der Waals surface area (Å²) < 4.78 is 10.2. The van der Waals surface area contributed by atoms with E-state index in [4.69, 9.17) is 9.47 Å². The molecule has 0 saturated carbocycles. The van der Waals surface area contributed by atoms with Crippen LogP contribution in [0.1, 0.15) is 29.3 Å². The highest BCUT2D eigenvalue weighted by Crippen LogP contribution is 2.30. The van der Waals surface area contributed by atoms with Gasteiger partial charge < -0.3 is 19.7 Å². The summed E-state index contributed by atoms with van der Waals surface area (Å²) in [4.78, 5) is 58.2. The normalized spacial score (nSPS) is 15.0.